The minimum Gasteiger partial charge on any atom is -0.465 e. The molecule has 0 aliphatic heterocycles. The molecule has 16 heavy (non-hydrogen) atoms. The monoisotopic (exact) mass is 219 g/mol. The number of allylic oxidation sites excluding steroid dienone is 1. The van der Waals surface area contributed by atoms with Crippen molar-refractivity contribution in [3.63, 3.8) is 0 Å². The van der Waals surface area contributed by atoms with Gasteiger partial charge in [-0.3, -0.25) is 0 Å². The molecule has 0 saturated heterocycles. The van der Waals surface area contributed by atoms with Gasteiger partial charge in [-0.25, -0.2) is 4.79 Å². The fourth-order valence-corrected chi connectivity index (χ4v) is 1.61. The second kappa shape index (κ2) is 5.35. The third-order valence-corrected chi connectivity index (χ3v) is 2.59. The highest BCUT2D eigenvalue weighted by molar-refractivity contribution is 5.90. The molecule has 0 heterocycles. The van der Waals surface area contributed by atoms with Crippen molar-refractivity contribution in [3.8, 4) is 0 Å². The van der Waals surface area contributed by atoms with E-state index >= 15 is 0 Å². The number of hydrogen-bond acceptors (Lipinski definition) is 3. The number of rotatable bonds is 3. The van der Waals surface area contributed by atoms with Gasteiger partial charge in [-0.05, 0) is 48.4 Å². The molecule has 0 aliphatic carbocycles. The molecule has 0 fully saturated rings. The van der Waals surface area contributed by atoms with Crippen molar-refractivity contribution in [3.05, 3.63) is 41.1 Å². The van der Waals surface area contributed by atoms with E-state index in [1.165, 1.54) is 7.11 Å². The number of benzene rings is 1. The first kappa shape index (κ1) is 12.3. The molecule has 0 unspecified atom stereocenters. The maximum absolute atomic E-state index is 11.4. The lowest BCUT2D eigenvalue weighted by Crippen LogP contribution is -2.03. The Kier molecular flexibility index (Phi) is 4.11. The summed E-state index contributed by atoms with van der Waals surface area (Å²) in [6.45, 7) is 4.03. The maximum Gasteiger partial charge on any atom is 0.337 e. The van der Waals surface area contributed by atoms with E-state index in [1.807, 2.05) is 26.0 Å². The SMILES string of the molecule is CC/C(=C/N)c1cc(C(=O)OC)ccc1C. The molecule has 0 aromatic heterocycles. The van der Waals surface area contributed by atoms with Gasteiger partial charge < -0.3 is 10.5 Å². The van der Waals surface area contributed by atoms with Gasteiger partial charge in [-0.1, -0.05) is 13.0 Å². The number of esters is 1. The first-order valence-corrected chi connectivity index (χ1v) is 5.24. The molecule has 0 saturated carbocycles. The predicted molar refractivity (Wildman–Crippen MR) is 65.0 cm³/mol. The highest BCUT2D eigenvalue weighted by Gasteiger charge is 2.09. The molecule has 1 rings (SSSR count). The molecule has 2 N–H and O–H groups in total. The Labute approximate surface area is 95.9 Å². The normalized spacial score (nSPS) is 11.3. The zero-order valence-electron chi connectivity index (χ0n) is 9.91. The number of ether oxygens (including phenoxy) is 1. The van der Waals surface area contributed by atoms with Crippen LogP contribution in [0.3, 0.4) is 0 Å². The van der Waals surface area contributed by atoms with E-state index in [-0.39, 0.29) is 5.97 Å². The molecule has 3 nitrogen and oxygen atoms in total. The van der Waals surface area contributed by atoms with Crippen LogP contribution in [-0.2, 0) is 4.74 Å². The summed E-state index contributed by atoms with van der Waals surface area (Å²) in [4.78, 5) is 11.4. The average molecular weight is 219 g/mol. The summed E-state index contributed by atoms with van der Waals surface area (Å²) in [6.07, 6.45) is 2.42. The molecule has 1 aromatic carbocycles. The van der Waals surface area contributed by atoms with E-state index in [1.54, 1.807) is 12.3 Å². The molecular weight excluding hydrogens is 202 g/mol. The van der Waals surface area contributed by atoms with Crippen LogP contribution in [0.4, 0.5) is 0 Å². The quantitative estimate of drug-likeness (QED) is 0.794. The number of carbonyl (C=O) groups excluding carboxylic acids is 1. The van der Waals surface area contributed by atoms with Gasteiger partial charge in [0.1, 0.15) is 0 Å². The molecule has 0 radical (unpaired) electrons. The third-order valence-electron chi connectivity index (χ3n) is 2.59. The Morgan fingerprint density at radius 3 is 2.69 bits per heavy atom. The zero-order chi connectivity index (χ0) is 12.1. The van der Waals surface area contributed by atoms with Gasteiger partial charge in [-0.2, -0.15) is 0 Å². The van der Waals surface area contributed by atoms with Crippen molar-refractivity contribution >= 4 is 11.5 Å². The lowest BCUT2D eigenvalue weighted by Gasteiger charge is -2.09. The fourth-order valence-electron chi connectivity index (χ4n) is 1.61. The Morgan fingerprint density at radius 2 is 2.19 bits per heavy atom. The van der Waals surface area contributed by atoms with Crippen LogP contribution in [-0.4, -0.2) is 13.1 Å². The summed E-state index contributed by atoms with van der Waals surface area (Å²) in [5.74, 6) is -0.325. The Balaban J connectivity index is 3.23. The van der Waals surface area contributed by atoms with Gasteiger partial charge in [0, 0.05) is 0 Å². The van der Waals surface area contributed by atoms with Crippen LogP contribution in [0, 0.1) is 6.92 Å². The topological polar surface area (TPSA) is 52.3 Å². The summed E-state index contributed by atoms with van der Waals surface area (Å²) in [5.41, 5.74) is 9.26. The Hall–Kier alpha value is -1.77. The van der Waals surface area contributed by atoms with Crippen LogP contribution in [0.1, 0.15) is 34.8 Å². The largest absolute Gasteiger partial charge is 0.465 e. The van der Waals surface area contributed by atoms with Crippen LogP contribution in [0.25, 0.3) is 5.57 Å². The van der Waals surface area contributed by atoms with Crippen LogP contribution < -0.4 is 5.73 Å². The molecule has 3 heteroatoms. The van der Waals surface area contributed by atoms with E-state index in [9.17, 15) is 4.79 Å². The maximum atomic E-state index is 11.4. The minimum absolute atomic E-state index is 0.325. The van der Waals surface area contributed by atoms with Crippen LogP contribution in [0.5, 0.6) is 0 Å². The van der Waals surface area contributed by atoms with E-state index in [0.717, 1.165) is 23.1 Å². The summed E-state index contributed by atoms with van der Waals surface area (Å²) in [5, 5.41) is 0. The Morgan fingerprint density at radius 1 is 1.50 bits per heavy atom. The number of hydrogen-bond donors (Lipinski definition) is 1. The first-order valence-electron chi connectivity index (χ1n) is 5.24. The second-order valence-electron chi connectivity index (χ2n) is 3.57. The van der Waals surface area contributed by atoms with Gasteiger partial charge in [0.2, 0.25) is 0 Å². The minimum atomic E-state index is -0.325. The van der Waals surface area contributed by atoms with Crippen molar-refractivity contribution in [2.45, 2.75) is 20.3 Å². The zero-order valence-corrected chi connectivity index (χ0v) is 9.91. The van der Waals surface area contributed by atoms with Gasteiger partial charge in [-0.15, -0.1) is 0 Å². The van der Waals surface area contributed by atoms with Crippen molar-refractivity contribution < 1.29 is 9.53 Å². The summed E-state index contributed by atoms with van der Waals surface area (Å²) in [7, 11) is 1.38. The molecule has 0 aliphatic rings. The number of aryl methyl sites for hydroxylation is 1. The summed E-state index contributed by atoms with van der Waals surface area (Å²) < 4.78 is 4.69. The molecule has 86 valence electrons. The summed E-state index contributed by atoms with van der Waals surface area (Å²) in [6, 6.07) is 5.48. The highest BCUT2D eigenvalue weighted by Crippen LogP contribution is 2.22. The van der Waals surface area contributed by atoms with Gasteiger partial charge in [0.05, 0.1) is 12.7 Å². The predicted octanol–water partition coefficient (Wildman–Crippen LogP) is 2.49. The number of nitrogens with two attached hydrogens (primary N) is 1. The molecule has 1 aromatic rings. The Bertz CT molecular complexity index is 422. The number of carbonyl (C=O) groups is 1. The van der Waals surface area contributed by atoms with Crippen molar-refractivity contribution in [2.24, 2.45) is 5.73 Å². The number of methoxy groups -OCH3 is 1. The average Bonchev–Trinajstić information content (AvgIpc) is 2.32. The molecule has 0 amide bonds. The van der Waals surface area contributed by atoms with Gasteiger partial charge >= 0.3 is 5.97 Å². The second-order valence-corrected chi connectivity index (χ2v) is 3.57. The van der Waals surface area contributed by atoms with Crippen molar-refractivity contribution in [1.82, 2.24) is 0 Å². The molecular formula is C13H17NO2. The van der Waals surface area contributed by atoms with Gasteiger partial charge in [0.25, 0.3) is 0 Å². The van der Waals surface area contributed by atoms with Crippen molar-refractivity contribution in [1.29, 1.82) is 0 Å². The van der Waals surface area contributed by atoms with Crippen molar-refractivity contribution in [2.75, 3.05) is 7.11 Å². The van der Waals surface area contributed by atoms with Gasteiger partial charge in [0.15, 0.2) is 0 Å². The van der Waals surface area contributed by atoms with E-state index in [0.29, 0.717) is 5.56 Å². The molecule has 0 spiro atoms. The van der Waals surface area contributed by atoms with E-state index in [4.69, 9.17) is 5.73 Å². The van der Waals surface area contributed by atoms with Crippen LogP contribution in [0.15, 0.2) is 24.4 Å². The molecule has 0 atom stereocenters. The third kappa shape index (κ3) is 2.42. The molecule has 0 bridgehead atoms. The highest BCUT2D eigenvalue weighted by atomic mass is 16.5. The lowest BCUT2D eigenvalue weighted by atomic mass is 9.97. The lowest BCUT2D eigenvalue weighted by molar-refractivity contribution is 0.0600. The van der Waals surface area contributed by atoms with Crippen LogP contribution in [0.2, 0.25) is 0 Å². The first-order chi connectivity index (χ1) is 7.63. The van der Waals surface area contributed by atoms with E-state index in [2.05, 4.69) is 4.74 Å². The standard InChI is InChI=1S/C13H17NO2/c1-4-10(8-14)12-7-11(13(15)16-3)6-5-9(12)2/h5-8H,4,14H2,1-3H3/b10-8-. The fraction of sp³-hybridized carbons (Fsp3) is 0.308. The smallest absolute Gasteiger partial charge is 0.337 e. The van der Waals surface area contributed by atoms with Crippen LogP contribution >= 0.6 is 0 Å². The van der Waals surface area contributed by atoms with E-state index < -0.39 is 0 Å². The summed E-state index contributed by atoms with van der Waals surface area (Å²) >= 11 is 0.